The van der Waals surface area contributed by atoms with Crippen LogP contribution in [-0.2, 0) is 19.1 Å². The molecular weight excluding hydrogens is 320 g/mol. The average Bonchev–Trinajstić information content (AvgIpc) is 2.60. The van der Waals surface area contributed by atoms with Crippen molar-refractivity contribution in [2.24, 2.45) is 17.8 Å². The van der Waals surface area contributed by atoms with Crippen LogP contribution in [0.15, 0.2) is 0 Å². The number of nitrogens with zero attached hydrogens (tertiary/aromatic N) is 1. The molecular formula is C19H26N2O4. The van der Waals surface area contributed by atoms with Crippen molar-refractivity contribution in [3.63, 3.8) is 0 Å². The first kappa shape index (κ1) is 17.9. The normalized spacial score (nSPS) is 30.8. The average molecular weight is 346 g/mol. The molecule has 25 heavy (non-hydrogen) atoms. The number of fused-ring (bicyclic) bond motifs is 2. The second kappa shape index (κ2) is 7.55. The highest BCUT2D eigenvalue weighted by Crippen LogP contribution is 2.40. The van der Waals surface area contributed by atoms with Gasteiger partial charge in [-0.2, -0.15) is 5.26 Å². The summed E-state index contributed by atoms with van der Waals surface area (Å²) >= 11 is 0. The Labute approximate surface area is 148 Å². The number of carbonyl (C=O) groups excluding carboxylic acids is 3. The van der Waals surface area contributed by atoms with Crippen LogP contribution in [0.25, 0.3) is 0 Å². The van der Waals surface area contributed by atoms with Gasteiger partial charge in [0, 0.05) is 11.8 Å². The number of hydrogen-bond donors (Lipinski definition) is 1. The minimum Gasteiger partial charge on any atom is -0.455 e. The molecule has 0 spiro atoms. The van der Waals surface area contributed by atoms with E-state index in [-0.39, 0.29) is 30.3 Å². The Morgan fingerprint density at radius 2 is 1.76 bits per heavy atom. The van der Waals surface area contributed by atoms with Crippen LogP contribution in [0.3, 0.4) is 0 Å². The summed E-state index contributed by atoms with van der Waals surface area (Å²) in [6.07, 6.45) is 8.12. The molecule has 3 fully saturated rings. The maximum atomic E-state index is 12.3. The fraction of sp³-hybridized carbons (Fsp3) is 0.789. The van der Waals surface area contributed by atoms with Gasteiger partial charge in [-0.15, -0.1) is 0 Å². The van der Waals surface area contributed by atoms with Crippen LogP contribution in [0, 0.1) is 29.1 Å². The molecule has 0 radical (unpaired) electrons. The Morgan fingerprint density at radius 3 is 2.36 bits per heavy atom. The number of rotatable bonds is 4. The van der Waals surface area contributed by atoms with E-state index in [1.54, 1.807) is 0 Å². The third-order valence-corrected chi connectivity index (χ3v) is 6.03. The van der Waals surface area contributed by atoms with Crippen LogP contribution in [0.5, 0.6) is 0 Å². The summed E-state index contributed by atoms with van der Waals surface area (Å²) in [4.78, 5) is 36.5. The summed E-state index contributed by atoms with van der Waals surface area (Å²) < 4.78 is 5.20. The lowest BCUT2D eigenvalue weighted by atomic mass is 9.67. The summed E-state index contributed by atoms with van der Waals surface area (Å²) in [6.45, 7) is -0.345. The topological polar surface area (TPSA) is 96.3 Å². The number of Topliss-reactive ketones (excluding diaryl/α,β-unsaturated/α-hetero) is 1. The molecule has 6 nitrogen and oxygen atoms in total. The molecule has 0 aromatic rings. The van der Waals surface area contributed by atoms with E-state index in [2.05, 4.69) is 11.4 Å². The first-order valence-corrected chi connectivity index (χ1v) is 9.45. The molecule has 136 valence electrons. The molecule has 0 aliphatic heterocycles. The van der Waals surface area contributed by atoms with Crippen molar-refractivity contribution < 1.29 is 19.1 Å². The third-order valence-electron chi connectivity index (χ3n) is 6.03. The number of nitriles is 1. The van der Waals surface area contributed by atoms with Crippen molar-refractivity contribution in [1.82, 2.24) is 5.32 Å². The number of hydrogen-bond acceptors (Lipinski definition) is 5. The Kier molecular flexibility index (Phi) is 5.41. The monoisotopic (exact) mass is 346 g/mol. The molecule has 6 heteroatoms. The molecule has 0 aromatic carbocycles. The number of amides is 1. The minimum absolute atomic E-state index is 0.0111. The highest BCUT2D eigenvalue weighted by atomic mass is 16.5. The zero-order valence-electron chi connectivity index (χ0n) is 14.6. The lowest BCUT2D eigenvalue weighted by Gasteiger charge is -2.36. The molecule has 2 bridgehead atoms. The first-order chi connectivity index (χ1) is 12.0. The van der Waals surface area contributed by atoms with Gasteiger partial charge in [-0.1, -0.05) is 25.7 Å². The maximum absolute atomic E-state index is 12.3. The first-order valence-electron chi connectivity index (χ1n) is 9.45. The molecule has 3 aliphatic rings. The Morgan fingerprint density at radius 1 is 1.12 bits per heavy atom. The Bertz CT molecular complexity index is 573. The highest BCUT2D eigenvalue weighted by molar-refractivity contribution is 5.88. The number of esters is 1. The standard InChI is InChI=1S/C19H26N2O4/c20-12-19(7-2-1-3-8-19)21-16(22)11-25-18(24)15-9-13-5-4-6-14(10-15)17(13)23/h13-15H,1-11H2,(H,21,22)/t13-,14+,15?. The number of carbonyl (C=O) groups is 3. The van der Waals surface area contributed by atoms with Gasteiger partial charge in [0.25, 0.3) is 5.91 Å². The maximum Gasteiger partial charge on any atom is 0.309 e. The molecule has 1 amide bonds. The van der Waals surface area contributed by atoms with E-state index in [1.807, 2.05) is 0 Å². The molecule has 3 aliphatic carbocycles. The van der Waals surface area contributed by atoms with Crippen molar-refractivity contribution in [3.8, 4) is 6.07 Å². The van der Waals surface area contributed by atoms with Crippen LogP contribution in [0.4, 0.5) is 0 Å². The van der Waals surface area contributed by atoms with Crippen LogP contribution < -0.4 is 5.32 Å². The van der Waals surface area contributed by atoms with Crippen molar-refractivity contribution in [2.45, 2.75) is 69.7 Å². The smallest absolute Gasteiger partial charge is 0.309 e. The number of ketones is 1. The SMILES string of the molecule is N#CC1(NC(=O)COC(=O)C2C[C@H]3CCC[C@@H](C2)C3=O)CCCCC1. The lowest BCUT2D eigenvalue weighted by molar-refractivity contribution is -0.157. The quantitative estimate of drug-likeness (QED) is 0.788. The van der Waals surface area contributed by atoms with Crippen molar-refractivity contribution in [2.75, 3.05) is 6.61 Å². The van der Waals surface area contributed by atoms with E-state index >= 15 is 0 Å². The van der Waals surface area contributed by atoms with Crippen LogP contribution >= 0.6 is 0 Å². The summed E-state index contributed by atoms with van der Waals surface area (Å²) in [5.41, 5.74) is -0.809. The molecule has 3 rings (SSSR count). The van der Waals surface area contributed by atoms with Crippen molar-refractivity contribution >= 4 is 17.7 Å². The van der Waals surface area contributed by atoms with Gasteiger partial charge in [0.05, 0.1) is 12.0 Å². The minimum atomic E-state index is -0.809. The van der Waals surface area contributed by atoms with Gasteiger partial charge in [0.15, 0.2) is 6.61 Å². The zero-order valence-corrected chi connectivity index (χ0v) is 14.6. The second-order valence-corrected chi connectivity index (χ2v) is 7.81. The van der Waals surface area contributed by atoms with E-state index in [0.717, 1.165) is 38.5 Å². The summed E-state index contributed by atoms with van der Waals surface area (Å²) in [6, 6.07) is 2.22. The Hall–Kier alpha value is -1.90. The van der Waals surface area contributed by atoms with Crippen LogP contribution in [0.2, 0.25) is 0 Å². The summed E-state index contributed by atoms with van der Waals surface area (Å²) in [5, 5.41) is 12.1. The van der Waals surface area contributed by atoms with Gasteiger partial charge < -0.3 is 10.1 Å². The van der Waals surface area contributed by atoms with Gasteiger partial charge in [-0.3, -0.25) is 14.4 Å². The zero-order chi connectivity index (χ0) is 17.9. The van der Waals surface area contributed by atoms with Gasteiger partial charge in [-0.05, 0) is 38.5 Å². The Balaban J connectivity index is 1.48. The molecule has 0 heterocycles. The fourth-order valence-corrected chi connectivity index (χ4v) is 4.65. The predicted octanol–water partition coefficient (Wildman–Crippen LogP) is 2.27. The van der Waals surface area contributed by atoms with Crippen molar-refractivity contribution in [3.05, 3.63) is 0 Å². The second-order valence-electron chi connectivity index (χ2n) is 7.81. The summed E-state index contributed by atoms with van der Waals surface area (Å²) in [7, 11) is 0. The molecule has 1 N–H and O–H groups in total. The highest BCUT2D eigenvalue weighted by Gasteiger charge is 2.42. The van der Waals surface area contributed by atoms with Crippen LogP contribution in [-0.4, -0.2) is 29.8 Å². The van der Waals surface area contributed by atoms with Crippen molar-refractivity contribution in [1.29, 1.82) is 5.26 Å². The molecule has 3 atom stereocenters. The summed E-state index contributed by atoms with van der Waals surface area (Å²) in [5.74, 6) is -0.786. The largest absolute Gasteiger partial charge is 0.455 e. The number of nitrogens with one attached hydrogen (secondary N) is 1. The van der Waals surface area contributed by atoms with Gasteiger partial charge in [0.1, 0.15) is 11.3 Å². The van der Waals surface area contributed by atoms with E-state index in [0.29, 0.717) is 31.5 Å². The number of ether oxygens (including phenoxy) is 1. The fourth-order valence-electron chi connectivity index (χ4n) is 4.65. The predicted molar refractivity (Wildman–Crippen MR) is 89.1 cm³/mol. The van der Waals surface area contributed by atoms with Gasteiger partial charge in [0.2, 0.25) is 0 Å². The molecule has 0 saturated heterocycles. The molecule has 3 saturated carbocycles. The molecule has 0 aromatic heterocycles. The van der Waals surface area contributed by atoms with E-state index < -0.39 is 11.4 Å². The van der Waals surface area contributed by atoms with E-state index in [9.17, 15) is 19.6 Å². The molecule has 1 unspecified atom stereocenters. The third kappa shape index (κ3) is 4.02. The van der Waals surface area contributed by atoms with E-state index in [1.165, 1.54) is 0 Å². The van der Waals surface area contributed by atoms with E-state index in [4.69, 9.17) is 4.74 Å². The lowest BCUT2D eigenvalue weighted by Crippen LogP contribution is -2.50. The van der Waals surface area contributed by atoms with Gasteiger partial charge in [-0.25, -0.2) is 0 Å². The van der Waals surface area contributed by atoms with Gasteiger partial charge >= 0.3 is 5.97 Å². The van der Waals surface area contributed by atoms with Crippen LogP contribution in [0.1, 0.15) is 64.2 Å².